The first kappa shape index (κ1) is 25.3. The Labute approximate surface area is 213 Å². The molecule has 1 aromatic carbocycles. The van der Waals surface area contributed by atoms with Crippen molar-refractivity contribution in [1.82, 2.24) is 10.2 Å². The molecule has 1 unspecified atom stereocenters. The second kappa shape index (κ2) is 11.3. The van der Waals surface area contributed by atoms with E-state index in [0.717, 1.165) is 53.5 Å². The summed E-state index contributed by atoms with van der Waals surface area (Å²) in [7, 11) is 0. The maximum atomic E-state index is 13.3. The first-order chi connectivity index (χ1) is 16.9. The Balaban J connectivity index is 1.41. The second-order valence-electron chi connectivity index (χ2n) is 7.72. The Morgan fingerprint density at radius 2 is 1.97 bits per heavy atom. The minimum absolute atomic E-state index is 0.165. The molecule has 8 nitrogen and oxygen atoms in total. The fourth-order valence-corrected chi connectivity index (χ4v) is 6.77. The number of thioether (sulfide) groups is 1. The number of benzene rings is 1. The summed E-state index contributed by atoms with van der Waals surface area (Å²) in [5.41, 5.74) is 1.62. The zero-order chi connectivity index (χ0) is 24.9. The zero-order valence-corrected chi connectivity index (χ0v) is 21.5. The van der Waals surface area contributed by atoms with Crippen LogP contribution in [0, 0.1) is 5.82 Å². The van der Waals surface area contributed by atoms with E-state index in [1.54, 1.807) is 13.8 Å². The molecule has 1 atom stereocenters. The lowest BCUT2D eigenvalue weighted by Crippen LogP contribution is -2.23. The molecule has 2 heterocycles. The topological polar surface area (TPSA) is 110 Å². The van der Waals surface area contributed by atoms with E-state index in [-0.39, 0.29) is 23.2 Å². The summed E-state index contributed by atoms with van der Waals surface area (Å²) < 4.78 is 19.1. The van der Waals surface area contributed by atoms with E-state index in [4.69, 9.17) is 4.74 Å². The largest absolute Gasteiger partial charge is 0.462 e. The lowest BCUT2D eigenvalue weighted by molar-refractivity contribution is -0.115. The van der Waals surface area contributed by atoms with Crippen LogP contribution < -0.4 is 10.6 Å². The third kappa shape index (κ3) is 6.06. The van der Waals surface area contributed by atoms with E-state index in [1.807, 2.05) is 0 Å². The SMILES string of the molecule is CCOC(=O)c1c(NC(=O)C(C)Sc2nnc(NC(=O)c3cccc(F)c3)s2)sc2c1CCCC2. The van der Waals surface area contributed by atoms with Gasteiger partial charge in [-0.05, 0) is 63.3 Å². The Morgan fingerprint density at radius 1 is 1.17 bits per heavy atom. The minimum Gasteiger partial charge on any atom is -0.462 e. The van der Waals surface area contributed by atoms with Gasteiger partial charge in [-0.25, -0.2) is 9.18 Å². The van der Waals surface area contributed by atoms with Gasteiger partial charge in [0.15, 0.2) is 4.34 Å². The number of aryl methyl sites for hydroxylation is 1. The van der Waals surface area contributed by atoms with Crippen molar-refractivity contribution in [3.8, 4) is 0 Å². The van der Waals surface area contributed by atoms with Crippen LogP contribution in [0.5, 0.6) is 0 Å². The standard InChI is InChI=1S/C23H23FN4O4S3/c1-3-32-21(31)17-15-9-4-5-10-16(15)34-20(17)25-18(29)12(2)33-23-28-27-22(35-23)26-19(30)13-7-6-8-14(24)11-13/h6-8,11-12H,3-5,9-10H2,1-2H3,(H,25,29)(H,26,27,30). The number of carbonyl (C=O) groups excluding carboxylic acids is 3. The van der Waals surface area contributed by atoms with Gasteiger partial charge in [0.25, 0.3) is 5.91 Å². The molecular weight excluding hydrogens is 511 g/mol. The summed E-state index contributed by atoms with van der Waals surface area (Å²) in [6.07, 6.45) is 3.76. The quantitative estimate of drug-likeness (QED) is 0.233. The van der Waals surface area contributed by atoms with Crippen LogP contribution in [0.4, 0.5) is 14.5 Å². The molecule has 3 aromatic rings. The summed E-state index contributed by atoms with van der Waals surface area (Å²) >= 11 is 3.74. The average molecular weight is 535 g/mol. The van der Waals surface area contributed by atoms with Crippen molar-refractivity contribution < 1.29 is 23.5 Å². The highest BCUT2D eigenvalue weighted by Gasteiger charge is 2.28. The van der Waals surface area contributed by atoms with E-state index in [2.05, 4.69) is 20.8 Å². The summed E-state index contributed by atoms with van der Waals surface area (Å²) in [6.45, 7) is 3.74. The Kier molecular flexibility index (Phi) is 8.14. The molecule has 0 saturated heterocycles. The van der Waals surface area contributed by atoms with Gasteiger partial charge >= 0.3 is 5.97 Å². The number of hydrogen-bond acceptors (Lipinski definition) is 9. The number of fused-ring (bicyclic) bond motifs is 1. The van der Waals surface area contributed by atoms with Crippen LogP contribution in [0.15, 0.2) is 28.6 Å². The fraction of sp³-hybridized carbons (Fsp3) is 0.348. The molecule has 4 rings (SSSR count). The Bertz CT molecular complexity index is 1260. The van der Waals surface area contributed by atoms with Crippen molar-refractivity contribution in [3.63, 3.8) is 0 Å². The normalized spacial score (nSPS) is 13.6. The number of ether oxygens (including phenoxy) is 1. The van der Waals surface area contributed by atoms with Crippen LogP contribution in [-0.2, 0) is 22.4 Å². The first-order valence-corrected chi connectivity index (χ1v) is 13.6. The number of halogens is 1. The van der Waals surface area contributed by atoms with E-state index in [1.165, 1.54) is 41.3 Å². The van der Waals surface area contributed by atoms with Crippen molar-refractivity contribution in [2.75, 3.05) is 17.2 Å². The number of rotatable bonds is 8. The lowest BCUT2D eigenvalue weighted by atomic mass is 9.95. The number of anilines is 2. The summed E-state index contributed by atoms with van der Waals surface area (Å²) in [6, 6.07) is 5.33. The number of nitrogens with zero attached hydrogens (tertiary/aromatic N) is 2. The van der Waals surface area contributed by atoms with Crippen LogP contribution in [0.1, 0.15) is 57.8 Å². The number of nitrogens with one attached hydrogen (secondary N) is 2. The van der Waals surface area contributed by atoms with Crippen molar-refractivity contribution >= 4 is 62.4 Å². The number of aromatic nitrogens is 2. The second-order valence-corrected chi connectivity index (χ2v) is 11.4. The van der Waals surface area contributed by atoms with E-state index >= 15 is 0 Å². The molecule has 0 bridgehead atoms. The molecule has 0 fully saturated rings. The molecule has 1 aliphatic rings. The lowest BCUT2D eigenvalue weighted by Gasteiger charge is -2.13. The highest BCUT2D eigenvalue weighted by Crippen LogP contribution is 2.39. The third-order valence-corrected chi connectivity index (χ3v) is 8.48. The van der Waals surface area contributed by atoms with Gasteiger partial charge in [0.05, 0.1) is 17.4 Å². The van der Waals surface area contributed by atoms with Gasteiger partial charge in [-0.2, -0.15) is 0 Å². The molecule has 2 aromatic heterocycles. The number of carbonyl (C=O) groups is 3. The molecule has 2 amide bonds. The predicted octanol–water partition coefficient (Wildman–Crippen LogP) is 5.17. The van der Waals surface area contributed by atoms with Crippen molar-refractivity contribution in [1.29, 1.82) is 0 Å². The first-order valence-electron chi connectivity index (χ1n) is 11.0. The maximum Gasteiger partial charge on any atom is 0.341 e. The number of hydrogen-bond donors (Lipinski definition) is 2. The smallest absolute Gasteiger partial charge is 0.341 e. The van der Waals surface area contributed by atoms with Crippen LogP contribution in [0.2, 0.25) is 0 Å². The fourth-order valence-electron chi connectivity index (χ4n) is 3.60. The highest BCUT2D eigenvalue weighted by atomic mass is 32.2. The number of amides is 2. The monoisotopic (exact) mass is 534 g/mol. The molecule has 35 heavy (non-hydrogen) atoms. The van der Waals surface area contributed by atoms with E-state index in [0.29, 0.717) is 14.9 Å². The predicted molar refractivity (Wildman–Crippen MR) is 135 cm³/mol. The molecule has 0 radical (unpaired) electrons. The van der Waals surface area contributed by atoms with Gasteiger partial charge < -0.3 is 10.1 Å². The van der Waals surface area contributed by atoms with E-state index in [9.17, 15) is 18.8 Å². The molecule has 0 spiro atoms. The van der Waals surface area contributed by atoms with Gasteiger partial charge in [0, 0.05) is 10.4 Å². The van der Waals surface area contributed by atoms with Gasteiger partial charge in [0.2, 0.25) is 11.0 Å². The summed E-state index contributed by atoms with van der Waals surface area (Å²) in [5, 5.41) is 13.7. The van der Waals surface area contributed by atoms with Crippen LogP contribution in [-0.4, -0.2) is 39.8 Å². The van der Waals surface area contributed by atoms with Crippen molar-refractivity contribution in [3.05, 3.63) is 51.7 Å². The molecular formula is C23H23FN4O4S3. The maximum absolute atomic E-state index is 13.3. The number of esters is 1. The molecule has 0 aliphatic heterocycles. The Hall–Kier alpha value is -2.83. The van der Waals surface area contributed by atoms with Crippen molar-refractivity contribution in [2.24, 2.45) is 0 Å². The highest BCUT2D eigenvalue weighted by molar-refractivity contribution is 8.02. The van der Waals surface area contributed by atoms with Crippen LogP contribution >= 0.6 is 34.4 Å². The minimum atomic E-state index is -0.538. The molecule has 1 aliphatic carbocycles. The van der Waals surface area contributed by atoms with Gasteiger partial charge in [0.1, 0.15) is 10.8 Å². The average Bonchev–Trinajstić information content (AvgIpc) is 3.42. The van der Waals surface area contributed by atoms with E-state index < -0.39 is 22.9 Å². The molecule has 12 heteroatoms. The van der Waals surface area contributed by atoms with Gasteiger partial charge in [-0.1, -0.05) is 29.2 Å². The molecule has 2 N–H and O–H groups in total. The van der Waals surface area contributed by atoms with Crippen LogP contribution in [0.3, 0.4) is 0 Å². The third-order valence-electron chi connectivity index (χ3n) is 5.25. The Morgan fingerprint density at radius 3 is 2.74 bits per heavy atom. The molecule has 0 saturated carbocycles. The zero-order valence-electron chi connectivity index (χ0n) is 19.1. The summed E-state index contributed by atoms with van der Waals surface area (Å²) in [5.74, 6) is -1.70. The van der Waals surface area contributed by atoms with Gasteiger partial charge in [-0.15, -0.1) is 21.5 Å². The van der Waals surface area contributed by atoms with Crippen molar-refractivity contribution in [2.45, 2.75) is 49.1 Å². The van der Waals surface area contributed by atoms with Gasteiger partial charge in [-0.3, -0.25) is 14.9 Å². The number of thiophene rings is 1. The summed E-state index contributed by atoms with van der Waals surface area (Å²) in [4.78, 5) is 38.9. The molecule has 184 valence electrons. The van der Waals surface area contributed by atoms with Crippen LogP contribution in [0.25, 0.3) is 0 Å².